The first-order chi connectivity index (χ1) is 12.2. The maximum Gasteiger partial charge on any atom is 0.275 e. The lowest BCUT2D eigenvalue weighted by atomic mass is 10.2. The van der Waals surface area contributed by atoms with Crippen molar-refractivity contribution >= 4 is 28.4 Å². The van der Waals surface area contributed by atoms with Crippen LogP contribution in [0.25, 0.3) is 10.9 Å². The van der Waals surface area contributed by atoms with Gasteiger partial charge in [-0.3, -0.25) is 9.78 Å². The Labute approximate surface area is 149 Å². The third-order valence-corrected chi connectivity index (χ3v) is 4.52. The van der Waals surface area contributed by atoms with Crippen molar-refractivity contribution < 1.29 is 13.9 Å². The highest BCUT2D eigenvalue weighted by Gasteiger charge is 2.22. The molecule has 0 unspecified atom stereocenters. The number of likely N-dealkylation sites (tertiary alicyclic amines) is 1. The summed E-state index contributed by atoms with van der Waals surface area (Å²) in [4.78, 5) is 22.6. The summed E-state index contributed by atoms with van der Waals surface area (Å²) in [6.07, 6.45) is 5.15. The molecule has 3 heterocycles. The van der Waals surface area contributed by atoms with E-state index in [0.717, 1.165) is 31.3 Å². The number of hydrogen-bond donors (Lipinski definition) is 0. The van der Waals surface area contributed by atoms with Gasteiger partial charge in [-0.1, -0.05) is 11.6 Å². The lowest BCUT2D eigenvalue weighted by Crippen LogP contribution is -2.27. The molecule has 0 saturated carbocycles. The fourth-order valence-corrected chi connectivity index (χ4v) is 3.14. The van der Waals surface area contributed by atoms with Gasteiger partial charge in [-0.05, 0) is 37.1 Å². The first kappa shape index (κ1) is 15.9. The number of carbonyl (C=O) groups is 1. The van der Waals surface area contributed by atoms with Crippen LogP contribution in [0.5, 0.6) is 5.75 Å². The molecule has 25 heavy (non-hydrogen) atoms. The number of amides is 1. The molecule has 4 rings (SSSR count). The number of fused-ring (bicyclic) bond motifs is 1. The van der Waals surface area contributed by atoms with E-state index in [0.29, 0.717) is 27.9 Å². The molecule has 1 aliphatic heterocycles. The van der Waals surface area contributed by atoms with E-state index < -0.39 is 0 Å². The van der Waals surface area contributed by atoms with Gasteiger partial charge in [0.1, 0.15) is 17.5 Å². The number of nitrogens with zero attached hydrogens (tertiary/aromatic N) is 3. The molecule has 0 bridgehead atoms. The van der Waals surface area contributed by atoms with Crippen LogP contribution in [0.1, 0.15) is 29.2 Å². The Bertz CT molecular complexity index is 919. The van der Waals surface area contributed by atoms with Crippen molar-refractivity contribution in [3.63, 3.8) is 0 Å². The minimum atomic E-state index is -0.0916. The average molecular weight is 358 g/mol. The van der Waals surface area contributed by atoms with Crippen LogP contribution in [0, 0.1) is 0 Å². The number of rotatable bonds is 4. The van der Waals surface area contributed by atoms with E-state index in [-0.39, 0.29) is 12.5 Å². The zero-order valence-electron chi connectivity index (χ0n) is 13.4. The third-order valence-electron chi connectivity index (χ3n) is 4.19. The van der Waals surface area contributed by atoms with Gasteiger partial charge >= 0.3 is 0 Å². The first-order valence-electron chi connectivity index (χ1n) is 8.12. The Hall–Kier alpha value is -2.60. The van der Waals surface area contributed by atoms with E-state index in [1.165, 1.54) is 6.26 Å². The zero-order chi connectivity index (χ0) is 17.2. The Morgan fingerprint density at radius 3 is 2.96 bits per heavy atom. The number of benzene rings is 1. The molecule has 1 fully saturated rings. The van der Waals surface area contributed by atoms with Crippen LogP contribution in [0.2, 0.25) is 5.02 Å². The van der Waals surface area contributed by atoms with Crippen molar-refractivity contribution in [1.29, 1.82) is 0 Å². The minimum absolute atomic E-state index is 0.0916. The van der Waals surface area contributed by atoms with Crippen LogP contribution in [-0.4, -0.2) is 33.9 Å². The monoisotopic (exact) mass is 357 g/mol. The van der Waals surface area contributed by atoms with Gasteiger partial charge in [0, 0.05) is 24.7 Å². The van der Waals surface area contributed by atoms with E-state index in [1.54, 1.807) is 23.2 Å². The normalized spacial score (nSPS) is 14.2. The molecule has 0 radical (unpaired) electrons. The Kier molecular flexibility index (Phi) is 4.28. The summed E-state index contributed by atoms with van der Waals surface area (Å²) in [5, 5.41) is 1.43. The predicted molar refractivity (Wildman–Crippen MR) is 92.7 cm³/mol. The van der Waals surface area contributed by atoms with Gasteiger partial charge in [0.25, 0.3) is 5.91 Å². The van der Waals surface area contributed by atoms with Crippen LogP contribution in [0.4, 0.5) is 0 Å². The number of halogens is 1. The number of pyridine rings is 1. The molecule has 2 aromatic heterocycles. The Balaban J connectivity index is 1.49. The largest absolute Gasteiger partial charge is 0.482 e. The number of aromatic nitrogens is 2. The molecule has 0 aliphatic carbocycles. The second-order valence-corrected chi connectivity index (χ2v) is 6.27. The second-order valence-electron chi connectivity index (χ2n) is 5.86. The molecule has 3 aromatic rings. The van der Waals surface area contributed by atoms with Crippen LogP contribution in [0.3, 0.4) is 0 Å². The van der Waals surface area contributed by atoms with Crippen LogP contribution in [-0.2, 0) is 6.61 Å². The van der Waals surface area contributed by atoms with E-state index >= 15 is 0 Å². The van der Waals surface area contributed by atoms with E-state index in [4.69, 9.17) is 20.8 Å². The van der Waals surface area contributed by atoms with Crippen LogP contribution in [0.15, 0.2) is 41.1 Å². The Morgan fingerprint density at radius 2 is 2.12 bits per heavy atom. The standard InChI is InChI=1S/C18H16ClN3O3/c19-13-5-6-15(17-12(13)4-3-7-20-17)24-11-16-21-14(10-25-16)18(23)22-8-1-2-9-22/h3-7,10H,1-2,8-9,11H2. The summed E-state index contributed by atoms with van der Waals surface area (Å²) in [5.41, 5.74) is 0.995. The molecule has 128 valence electrons. The highest BCUT2D eigenvalue weighted by molar-refractivity contribution is 6.35. The van der Waals surface area contributed by atoms with Crippen molar-refractivity contribution in [2.45, 2.75) is 19.4 Å². The highest BCUT2D eigenvalue weighted by atomic mass is 35.5. The summed E-state index contributed by atoms with van der Waals surface area (Å²) in [7, 11) is 0. The van der Waals surface area contributed by atoms with E-state index in [9.17, 15) is 4.79 Å². The Morgan fingerprint density at radius 1 is 1.28 bits per heavy atom. The van der Waals surface area contributed by atoms with Gasteiger partial charge in [0.15, 0.2) is 12.3 Å². The molecule has 1 saturated heterocycles. The van der Waals surface area contributed by atoms with Crippen molar-refractivity contribution in [3.8, 4) is 5.75 Å². The summed E-state index contributed by atoms with van der Waals surface area (Å²) >= 11 is 6.18. The lowest BCUT2D eigenvalue weighted by Gasteiger charge is -2.12. The molecule has 0 spiro atoms. The molecular formula is C18H16ClN3O3. The average Bonchev–Trinajstić information content (AvgIpc) is 3.33. The molecule has 1 aromatic carbocycles. The molecule has 7 heteroatoms. The second kappa shape index (κ2) is 6.72. The van der Waals surface area contributed by atoms with E-state index in [1.807, 2.05) is 12.1 Å². The summed E-state index contributed by atoms with van der Waals surface area (Å²) in [6, 6.07) is 7.23. The van der Waals surface area contributed by atoms with Gasteiger partial charge in [0.05, 0.1) is 5.02 Å². The predicted octanol–water partition coefficient (Wildman–Crippen LogP) is 3.69. The number of oxazole rings is 1. The topological polar surface area (TPSA) is 68.5 Å². The van der Waals surface area contributed by atoms with Crippen molar-refractivity contribution in [3.05, 3.63) is 53.3 Å². The van der Waals surface area contributed by atoms with Gasteiger partial charge in [-0.25, -0.2) is 4.98 Å². The fraction of sp³-hybridized carbons (Fsp3) is 0.278. The molecule has 0 atom stereocenters. The fourth-order valence-electron chi connectivity index (χ4n) is 2.93. The molecule has 6 nitrogen and oxygen atoms in total. The third kappa shape index (κ3) is 3.17. The lowest BCUT2D eigenvalue weighted by molar-refractivity contribution is 0.0787. The van der Waals surface area contributed by atoms with Gasteiger partial charge < -0.3 is 14.1 Å². The highest BCUT2D eigenvalue weighted by Crippen LogP contribution is 2.30. The summed E-state index contributed by atoms with van der Waals surface area (Å²) < 4.78 is 11.1. The van der Waals surface area contributed by atoms with Gasteiger partial charge in [-0.2, -0.15) is 0 Å². The van der Waals surface area contributed by atoms with Crippen molar-refractivity contribution in [2.75, 3.05) is 13.1 Å². The molecule has 1 aliphatic rings. The number of carbonyl (C=O) groups excluding carboxylic acids is 1. The SMILES string of the molecule is O=C(c1coc(COc2ccc(Cl)c3cccnc23)n1)N1CCCC1. The molecule has 1 amide bonds. The minimum Gasteiger partial charge on any atom is -0.482 e. The van der Waals surface area contributed by atoms with E-state index in [2.05, 4.69) is 9.97 Å². The maximum atomic E-state index is 12.3. The van der Waals surface area contributed by atoms with Gasteiger partial charge in [-0.15, -0.1) is 0 Å². The first-order valence-corrected chi connectivity index (χ1v) is 8.50. The van der Waals surface area contributed by atoms with Crippen molar-refractivity contribution in [2.24, 2.45) is 0 Å². The zero-order valence-corrected chi connectivity index (χ0v) is 14.2. The number of hydrogen-bond acceptors (Lipinski definition) is 5. The van der Waals surface area contributed by atoms with Crippen LogP contribution >= 0.6 is 11.6 Å². The number of ether oxygens (including phenoxy) is 1. The summed E-state index contributed by atoms with van der Waals surface area (Å²) in [5.74, 6) is 0.846. The van der Waals surface area contributed by atoms with Gasteiger partial charge in [0.2, 0.25) is 5.89 Å². The quantitative estimate of drug-likeness (QED) is 0.712. The molecular weight excluding hydrogens is 342 g/mol. The maximum absolute atomic E-state index is 12.3. The van der Waals surface area contributed by atoms with Crippen molar-refractivity contribution in [1.82, 2.24) is 14.9 Å². The smallest absolute Gasteiger partial charge is 0.275 e. The van der Waals surface area contributed by atoms with Crippen LogP contribution < -0.4 is 4.74 Å². The molecule has 0 N–H and O–H groups in total. The summed E-state index contributed by atoms with van der Waals surface area (Å²) in [6.45, 7) is 1.67.